The number of carbonyl (C=O) groups excluding carboxylic acids is 1. The summed E-state index contributed by atoms with van der Waals surface area (Å²) in [5.74, 6) is -0.0383. The molecule has 0 saturated heterocycles. The van der Waals surface area contributed by atoms with Crippen LogP contribution >= 0.6 is 0 Å². The molecule has 0 aliphatic heterocycles. The van der Waals surface area contributed by atoms with Crippen LogP contribution in [0, 0.1) is 6.92 Å². The van der Waals surface area contributed by atoms with Gasteiger partial charge in [-0.1, -0.05) is 0 Å². The minimum Gasteiger partial charge on any atom is -0.336 e. The molecular formula is C13H19N5O. The van der Waals surface area contributed by atoms with Crippen LogP contribution in [0.4, 0.5) is 0 Å². The Morgan fingerprint density at radius 1 is 1.47 bits per heavy atom. The molecule has 0 radical (unpaired) electrons. The van der Waals surface area contributed by atoms with Crippen molar-refractivity contribution in [3.63, 3.8) is 0 Å². The van der Waals surface area contributed by atoms with Crippen molar-refractivity contribution in [3.05, 3.63) is 35.4 Å². The highest BCUT2D eigenvalue weighted by Gasteiger charge is 2.17. The Balaban J connectivity index is 2.12. The summed E-state index contributed by atoms with van der Waals surface area (Å²) in [6, 6.07) is 1.72. The highest BCUT2D eigenvalue weighted by Crippen LogP contribution is 2.11. The Kier molecular flexibility index (Phi) is 3.69. The van der Waals surface area contributed by atoms with E-state index in [9.17, 15) is 4.79 Å². The van der Waals surface area contributed by atoms with Crippen LogP contribution in [0.1, 0.15) is 28.7 Å². The van der Waals surface area contributed by atoms with E-state index in [1.165, 1.54) is 0 Å². The van der Waals surface area contributed by atoms with Crippen LogP contribution in [0.25, 0.3) is 0 Å². The van der Waals surface area contributed by atoms with Crippen molar-refractivity contribution >= 4 is 5.91 Å². The lowest BCUT2D eigenvalue weighted by atomic mass is 10.2. The fourth-order valence-corrected chi connectivity index (χ4v) is 1.98. The van der Waals surface area contributed by atoms with E-state index < -0.39 is 0 Å². The van der Waals surface area contributed by atoms with E-state index in [1.807, 2.05) is 24.7 Å². The molecule has 0 atom stereocenters. The summed E-state index contributed by atoms with van der Waals surface area (Å²) in [5.41, 5.74) is 2.62. The molecular weight excluding hydrogens is 242 g/mol. The van der Waals surface area contributed by atoms with E-state index in [1.54, 1.807) is 35.9 Å². The number of aromatic nitrogens is 4. The van der Waals surface area contributed by atoms with Crippen molar-refractivity contribution in [2.45, 2.75) is 26.9 Å². The second kappa shape index (κ2) is 5.26. The number of nitrogens with zero attached hydrogens (tertiary/aromatic N) is 5. The fraction of sp³-hybridized carbons (Fsp3) is 0.462. The summed E-state index contributed by atoms with van der Waals surface area (Å²) in [7, 11) is 3.56. The van der Waals surface area contributed by atoms with Gasteiger partial charge in [-0.3, -0.25) is 14.2 Å². The number of rotatable bonds is 4. The van der Waals surface area contributed by atoms with Gasteiger partial charge in [0.1, 0.15) is 5.69 Å². The van der Waals surface area contributed by atoms with E-state index in [4.69, 9.17) is 0 Å². The van der Waals surface area contributed by atoms with Crippen LogP contribution in [0.15, 0.2) is 18.5 Å². The van der Waals surface area contributed by atoms with Gasteiger partial charge in [0.05, 0.1) is 5.69 Å². The van der Waals surface area contributed by atoms with E-state index >= 15 is 0 Å². The van der Waals surface area contributed by atoms with Gasteiger partial charge in [-0.05, 0) is 19.9 Å². The first-order valence-corrected chi connectivity index (χ1v) is 6.29. The lowest BCUT2D eigenvalue weighted by Crippen LogP contribution is -2.28. The highest BCUT2D eigenvalue weighted by molar-refractivity contribution is 5.92. The molecule has 0 N–H and O–H groups in total. The molecule has 0 aliphatic carbocycles. The maximum atomic E-state index is 12.3. The smallest absolute Gasteiger partial charge is 0.272 e. The van der Waals surface area contributed by atoms with Crippen LogP contribution in [0.2, 0.25) is 0 Å². The maximum absolute atomic E-state index is 12.3. The number of aryl methyl sites for hydroxylation is 3. The molecule has 102 valence electrons. The molecule has 0 unspecified atom stereocenters. The lowest BCUT2D eigenvalue weighted by Gasteiger charge is -2.16. The van der Waals surface area contributed by atoms with E-state index in [0.717, 1.165) is 17.8 Å². The van der Waals surface area contributed by atoms with Gasteiger partial charge in [-0.15, -0.1) is 0 Å². The first kappa shape index (κ1) is 13.3. The van der Waals surface area contributed by atoms with Gasteiger partial charge in [-0.2, -0.15) is 10.2 Å². The lowest BCUT2D eigenvalue weighted by molar-refractivity contribution is 0.0774. The van der Waals surface area contributed by atoms with Gasteiger partial charge in [0, 0.05) is 45.1 Å². The third-order valence-corrected chi connectivity index (χ3v) is 3.17. The molecule has 2 heterocycles. The largest absolute Gasteiger partial charge is 0.336 e. The molecule has 19 heavy (non-hydrogen) atoms. The van der Waals surface area contributed by atoms with Crippen LogP contribution in [0.3, 0.4) is 0 Å². The number of amides is 1. The van der Waals surface area contributed by atoms with Crippen LogP contribution in [-0.4, -0.2) is 37.4 Å². The summed E-state index contributed by atoms with van der Waals surface area (Å²) < 4.78 is 3.47. The Bertz CT molecular complexity index is 584. The zero-order valence-electron chi connectivity index (χ0n) is 11.8. The van der Waals surface area contributed by atoms with Crippen LogP contribution in [-0.2, 0) is 20.1 Å². The van der Waals surface area contributed by atoms with E-state index in [-0.39, 0.29) is 5.91 Å². The van der Waals surface area contributed by atoms with Crippen LogP contribution < -0.4 is 0 Å². The predicted molar refractivity (Wildman–Crippen MR) is 71.6 cm³/mol. The van der Waals surface area contributed by atoms with Crippen molar-refractivity contribution < 1.29 is 4.79 Å². The Morgan fingerprint density at radius 2 is 2.21 bits per heavy atom. The maximum Gasteiger partial charge on any atom is 0.272 e. The molecule has 6 nitrogen and oxygen atoms in total. The van der Waals surface area contributed by atoms with Gasteiger partial charge < -0.3 is 4.90 Å². The quantitative estimate of drug-likeness (QED) is 0.831. The van der Waals surface area contributed by atoms with Gasteiger partial charge in [0.15, 0.2) is 0 Å². The molecule has 2 aromatic rings. The van der Waals surface area contributed by atoms with Crippen molar-refractivity contribution in [1.29, 1.82) is 0 Å². The average Bonchev–Trinajstić information content (AvgIpc) is 2.95. The predicted octanol–water partition coefficient (Wildman–Crippen LogP) is 1.22. The van der Waals surface area contributed by atoms with Crippen molar-refractivity contribution in [2.24, 2.45) is 7.05 Å². The third kappa shape index (κ3) is 2.67. The number of hydrogen-bond acceptors (Lipinski definition) is 3. The fourth-order valence-electron chi connectivity index (χ4n) is 1.98. The second-order valence-corrected chi connectivity index (χ2v) is 4.60. The van der Waals surface area contributed by atoms with E-state index in [2.05, 4.69) is 10.2 Å². The van der Waals surface area contributed by atoms with Gasteiger partial charge in [-0.25, -0.2) is 0 Å². The Labute approximate surface area is 112 Å². The van der Waals surface area contributed by atoms with E-state index in [0.29, 0.717) is 12.2 Å². The molecule has 0 aromatic carbocycles. The second-order valence-electron chi connectivity index (χ2n) is 4.60. The average molecular weight is 261 g/mol. The minimum absolute atomic E-state index is 0.0383. The SMILES string of the molecule is CCn1cc(CN(C)C(=O)c2ccnn2C)c(C)n1. The molecule has 0 fully saturated rings. The van der Waals surface area contributed by atoms with Gasteiger partial charge in [0.2, 0.25) is 0 Å². The molecule has 2 aromatic heterocycles. The first-order chi connectivity index (χ1) is 9.02. The normalized spacial score (nSPS) is 10.7. The van der Waals surface area contributed by atoms with Gasteiger partial charge in [0.25, 0.3) is 5.91 Å². The standard InChI is InChI=1S/C13H19N5O/c1-5-18-9-11(10(2)15-18)8-16(3)13(19)12-6-7-14-17(12)4/h6-7,9H,5,8H2,1-4H3. The third-order valence-electron chi connectivity index (χ3n) is 3.17. The van der Waals surface area contributed by atoms with Crippen molar-refractivity contribution in [2.75, 3.05) is 7.05 Å². The van der Waals surface area contributed by atoms with Crippen molar-refractivity contribution in [3.8, 4) is 0 Å². The summed E-state index contributed by atoms with van der Waals surface area (Å²) in [6.07, 6.45) is 3.61. The topological polar surface area (TPSA) is 56.0 Å². The van der Waals surface area contributed by atoms with Gasteiger partial charge >= 0.3 is 0 Å². The summed E-state index contributed by atoms with van der Waals surface area (Å²) in [5, 5.41) is 8.40. The van der Waals surface area contributed by atoms with Crippen LogP contribution in [0.5, 0.6) is 0 Å². The molecule has 6 heteroatoms. The zero-order chi connectivity index (χ0) is 14.0. The summed E-state index contributed by atoms with van der Waals surface area (Å²) >= 11 is 0. The first-order valence-electron chi connectivity index (χ1n) is 6.29. The molecule has 0 bridgehead atoms. The Hall–Kier alpha value is -2.11. The molecule has 2 rings (SSSR count). The number of hydrogen-bond donors (Lipinski definition) is 0. The van der Waals surface area contributed by atoms with Crippen molar-refractivity contribution in [1.82, 2.24) is 24.5 Å². The molecule has 0 saturated carbocycles. The monoisotopic (exact) mass is 261 g/mol. The minimum atomic E-state index is -0.0383. The molecule has 0 aliphatic rings. The highest BCUT2D eigenvalue weighted by atomic mass is 16.2. The zero-order valence-corrected chi connectivity index (χ0v) is 11.8. The summed E-state index contributed by atoms with van der Waals surface area (Å²) in [6.45, 7) is 5.39. The molecule has 0 spiro atoms. The molecule has 1 amide bonds. The summed E-state index contributed by atoms with van der Waals surface area (Å²) in [4.78, 5) is 13.9. The Morgan fingerprint density at radius 3 is 2.74 bits per heavy atom. The number of carbonyl (C=O) groups is 1.